The maximum absolute atomic E-state index is 7.17. The molecule has 13 rings (SSSR count). The first-order valence-corrected chi connectivity index (χ1v) is 21.1. The Morgan fingerprint density at radius 3 is 1.57 bits per heavy atom. The average Bonchev–Trinajstić information content (AvgIpc) is 3.97. The number of furan rings is 1. The van der Waals surface area contributed by atoms with Crippen molar-refractivity contribution in [1.82, 2.24) is 0 Å². The Morgan fingerprint density at radius 1 is 0.311 bits per heavy atom. The fraction of sp³-hybridized carbons (Fsp3) is 0.0169. The smallest absolute Gasteiger partial charge is 0.159 e. The lowest BCUT2D eigenvalue weighted by Gasteiger charge is -2.31. The van der Waals surface area contributed by atoms with Gasteiger partial charge >= 0.3 is 0 Å². The Balaban J connectivity index is 1.09. The maximum atomic E-state index is 7.17. The van der Waals surface area contributed by atoms with Crippen LogP contribution in [0.2, 0.25) is 0 Å². The fourth-order valence-electron chi connectivity index (χ4n) is 10.8. The molecule has 0 aliphatic heterocycles. The summed E-state index contributed by atoms with van der Waals surface area (Å²) >= 11 is 0. The van der Waals surface area contributed by atoms with E-state index < -0.39 is 5.41 Å². The highest BCUT2D eigenvalue weighted by Crippen LogP contribution is 2.64. The van der Waals surface area contributed by atoms with Crippen LogP contribution in [-0.2, 0) is 5.41 Å². The zero-order chi connectivity index (χ0) is 40.1. The lowest BCUT2D eigenvalue weighted by Crippen LogP contribution is -2.26. The van der Waals surface area contributed by atoms with Gasteiger partial charge in [-0.1, -0.05) is 200 Å². The summed E-state index contributed by atoms with van der Waals surface area (Å²) in [5, 5.41) is 4.67. The van der Waals surface area contributed by atoms with Crippen molar-refractivity contribution in [2.45, 2.75) is 5.41 Å². The number of nitrogens with zero attached hydrogens (tertiary/aromatic N) is 1. The molecule has 0 atom stereocenters. The van der Waals surface area contributed by atoms with Crippen LogP contribution in [-0.4, -0.2) is 0 Å². The van der Waals surface area contributed by atoms with Crippen LogP contribution in [0.15, 0.2) is 229 Å². The molecule has 61 heavy (non-hydrogen) atoms. The molecule has 10 aromatic carbocycles. The number of hydrogen-bond donors (Lipinski definition) is 0. The number of hydrogen-bond acceptors (Lipinski definition) is 2. The highest BCUT2D eigenvalue weighted by Gasteiger charge is 2.52. The van der Waals surface area contributed by atoms with Gasteiger partial charge in [-0.3, -0.25) is 0 Å². The van der Waals surface area contributed by atoms with Gasteiger partial charge < -0.3 is 9.32 Å². The molecule has 0 amide bonds. The van der Waals surface area contributed by atoms with Crippen LogP contribution in [0.25, 0.3) is 77.2 Å². The van der Waals surface area contributed by atoms with E-state index in [-0.39, 0.29) is 0 Å². The average molecular weight is 776 g/mol. The van der Waals surface area contributed by atoms with Crippen molar-refractivity contribution in [3.8, 4) is 44.5 Å². The Labute approximate surface area is 354 Å². The lowest BCUT2D eigenvalue weighted by atomic mass is 9.70. The highest BCUT2D eigenvalue weighted by molar-refractivity contribution is 6.14. The molecular weight excluding hydrogens is 739 g/mol. The molecule has 2 nitrogen and oxygen atoms in total. The summed E-state index contributed by atoms with van der Waals surface area (Å²) < 4.78 is 7.17. The topological polar surface area (TPSA) is 16.4 Å². The number of fused-ring (bicyclic) bond motifs is 14. The molecule has 0 unspecified atom stereocenters. The van der Waals surface area contributed by atoms with E-state index in [0.717, 1.165) is 50.1 Å². The van der Waals surface area contributed by atoms with E-state index in [0.29, 0.717) is 0 Å². The van der Waals surface area contributed by atoms with E-state index in [1.54, 1.807) is 0 Å². The first-order valence-electron chi connectivity index (χ1n) is 21.1. The Bertz CT molecular complexity index is 3490. The summed E-state index contributed by atoms with van der Waals surface area (Å²) in [7, 11) is 0. The number of anilines is 3. The third kappa shape index (κ3) is 4.73. The van der Waals surface area contributed by atoms with Gasteiger partial charge in [0, 0.05) is 27.6 Å². The Morgan fingerprint density at radius 2 is 0.803 bits per heavy atom. The Kier molecular flexibility index (Phi) is 7.26. The van der Waals surface area contributed by atoms with Crippen LogP contribution < -0.4 is 4.90 Å². The minimum absolute atomic E-state index is 0.463. The second-order valence-electron chi connectivity index (χ2n) is 16.3. The van der Waals surface area contributed by atoms with Crippen molar-refractivity contribution in [3.63, 3.8) is 0 Å². The first kappa shape index (κ1) is 34.0. The molecule has 2 aliphatic rings. The molecule has 1 aromatic heterocycles. The summed E-state index contributed by atoms with van der Waals surface area (Å²) in [4.78, 5) is 2.45. The van der Waals surface area contributed by atoms with Crippen molar-refractivity contribution in [2.24, 2.45) is 0 Å². The van der Waals surface area contributed by atoms with Gasteiger partial charge in [0.2, 0.25) is 0 Å². The summed E-state index contributed by atoms with van der Waals surface area (Å²) in [5.74, 6) is 0. The van der Waals surface area contributed by atoms with E-state index in [1.165, 1.54) is 66.4 Å². The van der Waals surface area contributed by atoms with Gasteiger partial charge in [0.15, 0.2) is 5.58 Å². The summed E-state index contributed by atoms with van der Waals surface area (Å²) in [5.41, 5.74) is 19.4. The van der Waals surface area contributed by atoms with E-state index in [9.17, 15) is 0 Å². The van der Waals surface area contributed by atoms with Crippen molar-refractivity contribution < 1.29 is 4.42 Å². The van der Waals surface area contributed by atoms with E-state index in [1.807, 2.05) is 0 Å². The standard InChI is InChI=1S/C59H37NO/c1-2-16-39(17-3-1)44-25-13-26-47-48-27-14-33-55(58(48)61-57(44)47)60(41-36-34-40(35-37-41)43-24-12-19-38-18-4-5-20-42(38)43)54-32-15-31-53-56(54)49-23-8-11-30-52(49)59(53)50-28-9-6-21-45(50)46-22-7-10-29-51(46)59/h1-37H. The summed E-state index contributed by atoms with van der Waals surface area (Å²) in [6, 6.07) is 82.0. The molecule has 284 valence electrons. The van der Waals surface area contributed by atoms with Gasteiger partial charge in [-0.15, -0.1) is 0 Å². The van der Waals surface area contributed by atoms with Crippen LogP contribution in [0.1, 0.15) is 22.3 Å². The van der Waals surface area contributed by atoms with Crippen molar-refractivity contribution in [3.05, 3.63) is 247 Å². The van der Waals surface area contributed by atoms with Gasteiger partial charge in [0.1, 0.15) is 5.58 Å². The number of benzene rings is 10. The molecule has 0 saturated carbocycles. The minimum atomic E-state index is -0.463. The quantitative estimate of drug-likeness (QED) is 0.173. The number of para-hydroxylation sites is 2. The van der Waals surface area contributed by atoms with Gasteiger partial charge in [0.25, 0.3) is 0 Å². The van der Waals surface area contributed by atoms with E-state index >= 15 is 0 Å². The second-order valence-corrected chi connectivity index (χ2v) is 16.3. The normalized spacial score (nSPS) is 13.0. The van der Waals surface area contributed by atoms with Gasteiger partial charge in [-0.25, -0.2) is 0 Å². The van der Waals surface area contributed by atoms with Crippen LogP contribution >= 0.6 is 0 Å². The van der Waals surface area contributed by atoms with Crippen LogP contribution in [0, 0.1) is 0 Å². The third-order valence-corrected chi connectivity index (χ3v) is 13.3. The molecule has 2 aliphatic carbocycles. The molecule has 0 saturated heterocycles. The largest absolute Gasteiger partial charge is 0.453 e. The molecule has 0 bridgehead atoms. The molecule has 0 N–H and O–H groups in total. The van der Waals surface area contributed by atoms with Crippen molar-refractivity contribution in [1.29, 1.82) is 0 Å². The summed E-state index contributed by atoms with van der Waals surface area (Å²) in [6.45, 7) is 0. The van der Waals surface area contributed by atoms with Gasteiger partial charge in [0.05, 0.1) is 16.8 Å². The van der Waals surface area contributed by atoms with E-state index in [4.69, 9.17) is 4.42 Å². The monoisotopic (exact) mass is 775 g/mol. The first-order chi connectivity index (χ1) is 30.3. The van der Waals surface area contributed by atoms with Crippen molar-refractivity contribution in [2.75, 3.05) is 4.90 Å². The second kappa shape index (κ2) is 13.0. The van der Waals surface area contributed by atoms with Crippen LogP contribution in [0.4, 0.5) is 17.1 Å². The molecular formula is C59H37NO. The fourth-order valence-corrected chi connectivity index (χ4v) is 10.8. The molecule has 1 spiro atoms. The van der Waals surface area contributed by atoms with Gasteiger partial charge in [-0.2, -0.15) is 0 Å². The van der Waals surface area contributed by atoms with Crippen LogP contribution in [0.3, 0.4) is 0 Å². The zero-order valence-electron chi connectivity index (χ0n) is 33.2. The zero-order valence-corrected chi connectivity index (χ0v) is 33.2. The molecule has 11 aromatic rings. The van der Waals surface area contributed by atoms with Gasteiger partial charge in [-0.05, 0) is 90.7 Å². The molecule has 1 heterocycles. The molecule has 0 fully saturated rings. The predicted molar refractivity (Wildman–Crippen MR) is 253 cm³/mol. The maximum Gasteiger partial charge on any atom is 0.159 e. The molecule has 0 radical (unpaired) electrons. The van der Waals surface area contributed by atoms with E-state index in [2.05, 4.69) is 229 Å². The van der Waals surface area contributed by atoms with Crippen molar-refractivity contribution >= 4 is 49.8 Å². The predicted octanol–water partition coefficient (Wildman–Crippen LogP) is 15.9. The SMILES string of the molecule is c1ccc(-c2cccc3c2oc2c(N(c4ccc(-c5cccc6ccccc56)cc4)c4cccc5c4-c4ccccc4C54c5ccccc5-c5ccccc54)cccc23)cc1. The third-order valence-electron chi connectivity index (χ3n) is 13.3. The van der Waals surface area contributed by atoms with Crippen LogP contribution in [0.5, 0.6) is 0 Å². The summed E-state index contributed by atoms with van der Waals surface area (Å²) in [6.07, 6.45) is 0. The Hall–Kier alpha value is -7.94. The number of rotatable bonds is 5. The lowest BCUT2D eigenvalue weighted by molar-refractivity contribution is 0.670. The minimum Gasteiger partial charge on any atom is -0.453 e. The molecule has 2 heteroatoms. The highest BCUT2D eigenvalue weighted by atomic mass is 16.3.